The Hall–Kier alpha value is -2.38. The minimum atomic E-state index is -3.73. The van der Waals surface area contributed by atoms with Gasteiger partial charge < -0.3 is 10.5 Å². The molecule has 7 heteroatoms. The van der Waals surface area contributed by atoms with E-state index < -0.39 is 15.9 Å². The molecule has 0 atom stereocenters. The van der Waals surface area contributed by atoms with Crippen LogP contribution >= 0.6 is 0 Å². The smallest absolute Gasteiger partial charge is 0.249 e. The number of nitrogens with two attached hydrogens (primary N) is 1. The van der Waals surface area contributed by atoms with Crippen molar-refractivity contribution < 1.29 is 17.9 Å². The van der Waals surface area contributed by atoms with Crippen molar-refractivity contribution in [2.24, 2.45) is 5.73 Å². The quantitative estimate of drug-likeness (QED) is 0.864. The Morgan fingerprint density at radius 1 is 1.17 bits per heavy atom. The van der Waals surface area contributed by atoms with Crippen LogP contribution in [-0.2, 0) is 16.6 Å². The highest BCUT2D eigenvalue weighted by atomic mass is 32.2. The maximum absolute atomic E-state index is 12.7. The molecule has 2 rings (SSSR count). The molecule has 2 aromatic rings. The fraction of sp³-hybridized carbons (Fsp3) is 0.235. The highest BCUT2D eigenvalue weighted by Crippen LogP contribution is 2.21. The second kappa shape index (κ2) is 7.02. The summed E-state index contributed by atoms with van der Waals surface area (Å²) < 4.78 is 31.7. The number of sulfonamides is 1. The maximum Gasteiger partial charge on any atom is 0.249 e. The summed E-state index contributed by atoms with van der Waals surface area (Å²) in [6.45, 7) is 1.91. The Balaban J connectivity index is 2.28. The molecule has 0 bridgehead atoms. The number of rotatable bonds is 6. The highest BCUT2D eigenvalue weighted by molar-refractivity contribution is 7.89. The SMILES string of the molecule is COc1ccc(CN(C)S(=O)(=O)c2ccc(C)c(C(N)=O)c2)cc1. The summed E-state index contributed by atoms with van der Waals surface area (Å²) >= 11 is 0. The zero-order valence-corrected chi connectivity index (χ0v) is 14.6. The van der Waals surface area contributed by atoms with E-state index in [-0.39, 0.29) is 17.0 Å². The minimum Gasteiger partial charge on any atom is -0.497 e. The normalized spacial score (nSPS) is 11.5. The largest absolute Gasteiger partial charge is 0.497 e. The summed E-state index contributed by atoms with van der Waals surface area (Å²) in [6.07, 6.45) is 0. The Kier molecular flexibility index (Phi) is 5.26. The van der Waals surface area contributed by atoms with Gasteiger partial charge in [0.15, 0.2) is 0 Å². The van der Waals surface area contributed by atoms with Gasteiger partial charge in [-0.25, -0.2) is 8.42 Å². The third-order valence-electron chi connectivity index (χ3n) is 3.75. The van der Waals surface area contributed by atoms with Crippen molar-refractivity contribution >= 4 is 15.9 Å². The van der Waals surface area contributed by atoms with Crippen molar-refractivity contribution in [1.82, 2.24) is 4.31 Å². The van der Waals surface area contributed by atoms with Gasteiger partial charge in [-0.15, -0.1) is 0 Å². The predicted octanol–water partition coefficient (Wildman–Crippen LogP) is 1.92. The lowest BCUT2D eigenvalue weighted by molar-refractivity contribution is 0.0999. The average molecular weight is 348 g/mol. The van der Waals surface area contributed by atoms with E-state index in [9.17, 15) is 13.2 Å². The van der Waals surface area contributed by atoms with Gasteiger partial charge in [0.2, 0.25) is 15.9 Å². The van der Waals surface area contributed by atoms with Gasteiger partial charge in [-0.3, -0.25) is 4.79 Å². The molecule has 24 heavy (non-hydrogen) atoms. The van der Waals surface area contributed by atoms with E-state index in [4.69, 9.17) is 10.5 Å². The number of carbonyl (C=O) groups is 1. The molecular formula is C17H20N2O4S. The third kappa shape index (κ3) is 3.74. The molecular weight excluding hydrogens is 328 g/mol. The van der Waals surface area contributed by atoms with Crippen LogP contribution in [0.15, 0.2) is 47.4 Å². The molecule has 0 aromatic heterocycles. The molecule has 0 aliphatic heterocycles. The van der Waals surface area contributed by atoms with Crippen LogP contribution in [0.3, 0.4) is 0 Å². The first-order valence-electron chi connectivity index (χ1n) is 7.25. The number of nitrogens with zero attached hydrogens (tertiary/aromatic N) is 1. The van der Waals surface area contributed by atoms with Crippen LogP contribution in [-0.4, -0.2) is 32.8 Å². The van der Waals surface area contributed by atoms with E-state index >= 15 is 0 Å². The van der Waals surface area contributed by atoms with Gasteiger partial charge in [0.05, 0.1) is 12.0 Å². The van der Waals surface area contributed by atoms with Crippen molar-refractivity contribution in [2.75, 3.05) is 14.2 Å². The number of hydrogen-bond acceptors (Lipinski definition) is 4. The van der Waals surface area contributed by atoms with Crippen LogP contribution < -0.4 is 10.5 Å². The topological polar surface area (TPSA) is 89.7 Å². The van der Waals surface area contributed by atoms with Crippen molar-refractivity contribution in [2.45, 2.75) is 18.4 Å². The third-order valence-corrected chi connectivity index (χ3v) is 5.55. The fourth-order valence-electron chi connectivity index (χ4n) is 2.28. The number of ether oxygens (including phenoxy) is 1. The van der Waals surface area contributed by atoms with E-state index in [0.717, 1.165) is 5.56 Å². The average Bonchev–Trinajstić information content (AvgIpc) is 2.55. The number of carbonyl (C=O) groups excluding carboxylic acids is 1. The first kappa shape index (κ1) is 18.0. The van der Waals surface area contributed by atoms with Crippen LogP contribution in [0.4, 0.5) is 0 Å². The van der Waals surface area contributed by atoms with Crippen LogP contribution in [0.5, 0.6) is 5.75 Å². The summed E-state index contributed by atoms with van der Waals surface area (Å²) in [5.74, 6) is 0.0521. The number of primary amides is 1. The molecule has 0 unspecified atom stereocenters. The summed E-state index contributed by atoms with van der Waals surface area (Å²) in [4.78, 5) is 11.5. The van der Waals surface area contributed by atoms with Gasteiger partial charge in [-0.2, -0.15) is 4.31 Å². The van der Waals surface area contributed by atoms with Gasteiger partial charge in [0.25, 0.3) is 0 Å². The standard InChI is InChI=1S/C17H20N2O4S/c1-12-4-9-15(10-16(12)17(18)20)24(21,22)19(2)11-13-5-7-14(23-3)8-6-13/h4-10H,11H2,1-3H3,(H2,18,20). The second-order valence-electron chi connectivity index (χ2n) is 5.45. The molecule has 128 valence electrons. The van der Waals surface area contributed by atoms with Crippen LogP contribution in [0.2, 0.25) is 0 Å². The lowest BCUT2D eigenvalue weighted by Gasteiger charge is -2.18. The zero-order chi connectivity index (χ0) is 17.9. The number of hydrogen-bond donors (Lipinski definition) is 1. The zero-order valence-electron chi connectivity index (χ0n) is 13.8. The Morgan fingerprint density at radius 3 is 2.33 bits per heavy atom. The molecule has 0 fully saturated rings. The summed E-state index contributed by atoms with van der Waals surface area (Å²) in [6, 6.07) is 11.5. The Morgan fingerprint density at radius 2 is 1.79 bits per heavy atom. The molecule has 0 saturated heterocycles. The van der Waals surface area contributed by atoms with Gasteiger partial charge >= 0.3 is 0 Å². The Bertz CT molecular complexity index is 845. The van der Waals surface area contributed by atoms with E-state index in [2.05, 4.69) is 0 Å². The van der Waals surface area contributed by atoms with E-state index in [1.54, 1.807) is 44.4 Å². The summed E-state index contributed by atoms with van der Waals surface area (Å²) in [5, 5.41) is 0. The van der Waals surface area contributed by atoms with Gasteiger partial charge in [0.1, 0.15) is 5.75 Å². The molecule has 0 spiro atoms. The van der Waals surface area contributed by atoms with E-state index in [0.29, 0.717) is 11.3 Å². The van der Waals surface area contributed by atoms with Crippen molar-refractivity contribution in [3.63, 3.8) is 0 Å². The molecule has 2 aromatic carbocycles. The molecule has 0 heterocycles. The molecule has 0 aliphatic rings. The molecule has 1 amide bonds. The number of aryl methyl sites for hydroxylation is 1. The first-order valence-corrected chi connectivity index (χ1v) is 8.69. The number of methoxy groups -OCH3 is 1. The lowest BCUT2D eigenvalue weighted by atomic mass is 10.1. The van der Waals surface area contributed by atoms with Crippen molar-refractivity contribution in [1.29, 1.82) is 0 Å². The number of benzene rings is 2. The molecule has 0 radical (unpaired) electrons. The molecule has 6 nitrogen and oxygen atoms in total. The maximum atomic E-state index is 12.7. The first-order chi connectivity index (χ1) is 11.3. The fourth-order valence-corrected chi connectivity index (χ4v) is 3.47. The lowest BCUT2D eigenvalue weighted by Crippen LogP contribution is -2.27. The highest BCUT2D eigenvalue weighted by Gasteiger charge is 2.22. The van der Waals surface area contributed by atoms with E-state index in [1.165, 1.54) is 23.5 Å². The Labute approximate surface area is 141 Å². The number of amides is 1. The molecule has 0 aliphatic carbocycles. The summed E-state index contributed by atoms with van der Waals surface area (Å²) in [5.41, 5.74) is 6.96. The van der Waals surface area contributed by atoms with Crippen molar-refractivity contribution in [3.8, 4) is 5.75 Å². The second-order valence-corrected chi connectivity index (χ2v) is 7.50. The minimum absolute atomic E-state index is 0.0397. The van der Waals surface area contributed by atoms with Crippen LogP contribution in [0, 0.1) is 6.92 Å². The molecule has 0 saturated carbocycles. The van der Waals surface area contributed by atoms with Crippen LogP contribution in [0.1, 0.15) is 21.5 Å². The monoisotopic (exact) mass is 348 g/mol. The predicted molar refractivity (Wildman–Crippen MR) is 91.3 cm³/mol. The van der Waals surface area contributed by atoms with Gasteiger partial charge in [-0.1, -0.05) is 18.2 Å². The molecule has 2 N–H and O–H groups in total. The van der Waals surface area contributed by atoms with Gasteiger partial charge in [-0.05, 0) is 42.3 Å². The van der Waals surface area contributed by atoms with Crippen LogP contribution in [0.25, 0.3) is 0 Å². The van der Waals surface area contributed by atoms with E-state index in [1.807, 2.05) is 0 Å². The van der Waals surface area contributed by atoms with Crippen molar-refractivity contribution in [3.05, 3.63) is 59.2 Å². The summed E-state index contributed by atoms with van der Waals surface area (Å²) in [7, 11) is -0.673. The van der Waals surface area contributed by atoms with Gasteiger partial charge in [0, 0.05) is 19.2 Å².